The van der Waals surface area contributed by atoms with Gasteiger partial charge in [-0.1, -0.05) is 0 Å². The third kappa shape index (κ3) is 819. The SMILES string of the molecule is O=[N+]([O-])[O-].O=[N+]([O-])[O-].O=[N+]([O-])[O-].[Ga+3].[O]=[GaH]. The van der Waals surface area contributed by atoms with Crippen molar-refractivity contribution in [2.75, 3.05) is 0 Å². The number of rotatable bonds is 0. The van der Waals surface area contributed by atoms with Crippen LogP contribution in [0.2, 0.25) is 0 Å². The van der Waals surface area contributed by atoms with Gasteiger partial charge in [0.1, 0.15) is 0 Å². The molecule has 15 heteroatoms. The van der Waals surface area contributed by atoms with E-state index in [0.29, 0.717) is 0 Å². The second-order valence-corrected chi connectivity index (χ2v) is 0.671. The van der Waals surface area contributed by atoms with Gasteiger partial charge >= 0.3 is 41.9 Å². The molecule has 0 N–H and O–H groups in total. The Labute approximate surface area is 103 Å². The van der Waals surface area contributed by atoms with E-state index in [9.17, 15) is 0 Å². The summed E-state index contributed by atoms with van der Waals surface area (Å²) in [6, 6.07) is 0. The molecule has 0 amide bonds. The van der Waals surface area contributed by atoms with Crippen LogP contribution in [-0.4, -0.2) is 53.6 Å². The predicted molar refractivity (Wildman–Crippen MR) is 44.7 cm³/mol. The van der Waals surface area contributed by atoms with E-state index in [4.69, 9.17) is 49.5 Å². The van der Waals surface area contributed by atoms with E-state index < -0.39 is 15.3 Å². The van der Waals surface area contributed by atoms with E-state index in [1.165, 1.54) is 0 Å². The summed E-state index contributed by atoms with van der Waals surface area (Å²) in [5, 5.41) is 44.2. The van der Waals surface area contributed by atoms with E-state index >= 15 is 0 Å². The summed E-state index contributed by atoms with van der Waals surface area (Å²) < 4.78 is 8.38. The van der Waals surface area contributed by atoms with Crippen LogP contribution in [0, 0.1) is 46.0 Å². The molecule has 13 nitrogen and oxygen atoms in total. The van der Waals surface area contributed by atoms with Gasteiger partial charge in [-0.25, -0.2) is 0 Å². The zero-order chi connectivity index (χ0) is 12.7. The Morgan fingerprint density at radius 1 is 0.600 bits per heavy atom. The van der Waals surface area contributed by atoms with Gasteiger partial charge in [0.2, 0.25) is 0 Å². The third-order valence-electron chi connectivity index (χ3n) is 0. The summed E-state index contributed by atoms with van der Waals surface area (Å²) in [6.07, 6.45) is 0. The summed E-state index contributed by atoms with van der Waals surface area (Å²) in [5.74, 6) is 0. The maximum atomic E-state index is 8.38. The minimum atomic E-state index is -1.75. The summed E-state index contributed by atoms with van der Waals surface area (Å²) in [4.78, 5) is 24.8. The predicted octanol–water partition coefficient (Wildman–Crippen LogP) is -1.87. The number of hydrogen-bond donors (Lipinski definition) is 0. The number of nitrogens with zero attached hydrogens (tertiary/aromatic N) is 3. The first-order valence-corrected chi connectivity index (χ1v) is 3.14. The Balaban J connectivity index is -0.0000000298. The molecule has 0 aliphatic carbocycles. The molecule has 0 aliphatic heterocycles. The van der Waals surface area contributed by atoms with Gasteiger partial charge in [0.15, 0.2) is 0 Å². The molecule has 0 aromatic heterocycles. The molecule has 0 heterocycles. The van der Waals surface area contributed by atoms with Gasteiger partial charge in [0, 0.05) is 0 Å². The molecule has 0 saturated carbocycles. The van der Waals surface area contributed by atoms with E-state index in [2.05, 4.69) is 0 Å². The summed E-state index contributed by atoms with van der Waals surface area (Å²) in [5.41, 5.74) is 0. The molecule has 0 saturated heterocycles. The Morgan fingerprint density at radius 3 is 0.600 bits per heavy atom. The maximum absolute atomic E-state index is 8.38. The van der Waals surface area contributed by atoms with Gasteiger partial charge in [-0.3, -0.25) is 0 Å². The van der Waals surface area contributed by atoms with Crippen LogP contribution in [0.3, 0.4) is 0 Å². The third-order valence-corrected chi connectivity index (χ3v) is 0. The zero-order valence-electron chi connectivity index (χ0n) is 6.71. The average Bonchev–Trinajstić information content (AvgIpc) is 1.86. The summed E-state index contributed by atoms with van der Waals surface area (Å²) in [6.45, 7) is 0. The van der Waals surface area contributed by atoms with Crippen molar-refractivity contribution >= 4 is 38.3 Å². The first kappa shape index (κ1) is 29.2. The van der Waals surface area contributed by atoms with Crippen LogP contribution in [-0.2, 0) is 3.54 Å². The van der Waals surface area contributed by atoms with Crippen molar-refractivity contribution in [1.29, 1.82) is 0 Å². The number of hydrogen-bond acceptors (Lipinski definition) is 10. The standard InChI is InChI=1S/2Ga.3NO3.O.H/c;;3*2-1(3)4;;/q;+3;3*-1;;. The molecule has 82 valence electrons. The molecule has 0 atom stereocenters. The fraction of sp³-hybridized carbons (Fsp3) is 0. The van der Waals surface area contributed by atoms with Crippen molar-refractivity contribution < 1.29 is 18.8 Å². The molecule has 0 fully saturated rings. The van der Waals surface area contributed by atoms with E-state index in [0.717, 1.165) is 0 Å². The average molecular weight is 342 g/mol. The van der Waals surface area contributed by atoms with Gasteiger partial charge in [-0.2, -0.15) is 0 Å². The second-order valence-electron chi connectivity index (χ2n) is 0.671. The van der Waals surface area contributed by atoms with E-state index in [1.54, 1.807) is 0 Å². The van der Waals surface area contributed by atoms with Crippen LogP contribution in [0.1, 0.15) is 0 Å². The molecule has 15 heavy (non-hydrogen) atoms. The fourth-order valence-electron chi connectivity index (χ4n) is 0. The molecule has 0 aromatic rings. The Bertz CT molecular complexity index is 128. The van der Waals surface area contributed by atoms with Gasteiger partial charge in [0.05, 0.1) is 15.3 Å². The summed E-state index contributed by atoms with van der Waals surface area (Å²) in [7, 11) is 0. The van der Waals surface area contributed by atoms with Crippen LogP contribution in [0.15, 0.2) is 0 Å². The first-order valence-electron chi connectivity index (χ1n) is 1.93. The van der Waals surface area contributed by atoms with Gasteiger partial charge in [-0.15, -0.1) is 0 Å². The molecule has 0 aromatic carbocycles. The van der Waals surface area contributed by atoms with Gasteiger partial charge in [0.25, 0.3) is 0 Å². The molecule has 0 spiro atoms. The summed E-state index contributed by atoms with van der Waals surface area (Å²) >= 11 is 0.125. The van der Waals surface area contributed by atoms with Crippen molar-refractivity contribution in [3.05, 3.63) is 46.0 Å². The molecular weight excluding hydrogens is 341 g/mol. The molecular formula is HGa2N3O10. The van der Waals surface area contributed by atoms with Crippen molar-refractivity contribution in [2.24, 2.45) is 0 Å². The van der Waals surface area contributed by atoms with Gasteiger partial charge < -0.3 is 46.0 Å². The second kappa shape index (κ2) is 29.3. The molecule has 0 rings (SSSR count). The molecule has 0 radical (unpaired) electrons. The van der Waals surface area contributed by atoms with Crippen LogP contribution in [0.5, 0.6) is 0 Å². The van der Waals surface area contributed by atoms with Crippen molar-refractivity contribution in [1.82, 2.24) is 0 Å². The first-order chi connectivity index (χ1) is 6.20. The molecule has 0 bridgehead atoms. The van der Waals surface area contributed by atoms with Crippen molar-refractivity contribution in [2.45, 2.75) is 0 Å². The van der Waals surface area contributed by atoms with Gasteiger partial charge in [-0.05, 0) is 0 Å². The normalized spacial score (nSPS) is 5.00. The minimum absolute atomic E-state index is 0. The Kier molecular flexibility index (Phi) is 57.1. The van der Waals surface area contributed by atoms with Crippen molar-refractivity contribution in [3.63, 3.8) is 0 Å². The quantitative estimate of drug-likeness (QED) is 0.271. The van der Waals surface area contributed by atoms with Crippen LogP contribution in [0.25, 0.3) is 0 Å². The van der Waals surface area contributed by atoms with E-state index in [1.807, 2.05) is 0 Å². The van der Waals surface area contributed by atoms with Crippen LogP contribution >= 0.6 is 0 Å². The Morgan fingerprint density at radius 2 is 0.600 bits per heavy atom. The van der Waals surface area contributed by atoms with Crippen LogP contribution in [0.4, 0.5) is 0 Å². The van der Waals surface area contributed by atoms with Crippen molar-refractivity contribution in [3.8, 4) is 0 Å². The molecule has 0 aliphatic rings. The van der Waals surface area contributed by atoms with E-state index in [-0.39, 0.29) is 38.3 Å². The van der Waals surface area contributed by atoms with Crippen LogP contribution < -0.4 is 0 Å². The topological polar surface area (TPSA) is 216 Å². The fourth-order valence-corrected chi connectivity index (χ4v) is 0. The Hall–Kier alpha value is -1.33. The molecule has 0 unspecified atom stereocenters. The monoisotopic (exact) mass is 341 g/mol. The zero-order valence-corrected chi connectivity index (χ0v) is 12.1.